The van der Waals surface area contributed by atoms with Crippen molar-refractivity contribution in [1.82, 2.24) is 15.1 Å². The molecule has 2 aromatic rings. The predicted molar refractivity (Wildman–Crippen MR) is 129 cm³/mol. The number of carbonyl (C=O) groups is 3. The van der Waals surface area contributed by atoms with Gasteiger partial charge in [0.1, 0.15) is 17.6 Å². The number of nitrogens with zero attached hydrogens (tertiary/aromatic N) is 4. The van der Waals surface area contributed by atoms with Gasteiger partial charge in [0.15, 0.2) is 0 Å². The summed E-state index contributed by atoms with van der Waals surface area (Å²) in [5.74, 6) is -1.14. The number of carbonyl (C=O) groups excluding carboxylic acids is 3. The van der Waals surface area contributed by atoms with E-state index in [1.807, 2.05) is 12.1 Å². The van der Waals surface area contributed by atoms with Gasteiger partial charge in [0.25, 0.3) is 5.91 Å². The van der Waals surface area contributed by atoms with Gasteiger partial charge in [-0.2, -0.15) is 0 Å². The van der Waals surface area contributed by atoms with Gasteiger partial charge in [0, 0.05) is 62.5 Å². The van der Waals surface area contributed by atoms with E-state index in [0.29, 0.717) is 36.8 Å². The first-order valence-electron chi connectivity index (χ1n) is 11.9. The van der Waals surface area contributed by atoms with E-state index in [2.05, 4.69) is 20.0 Å². The van der Waals surface area contributed by atoms with Crippen LogP contribution in [0.3, 0.4) is 0 Å². The summed E-state index contributed by atoms with van der Waals surface area (Å²) >= 11 is 0. The topological polar surface area (TPSA) is 86.5 Å². The van der Waals surface area contributed by atoms with Crippen LogP contribution in [0.1, 0.15) is 34.3 Å². The van der Waals surface area contributed by atoms with Crippen molar-refractivity contribution < 1.29 is 23.5 Å². The lowest BCUT2D eigenvalue weighted by molar-refractivity contribution is -0.136. The van der Waals surface area contributed by atoms with Crippen LogP contribution in [0.5, 0.6) is 5.75 Å². The molecule has 2 fully saturated rings. The van der Waals surface area contributed by atoms with Crippen LogP contribution in [0.15, 0.2) is 30.3 Å². The summed E-state index contributed by atoms with van der Waals surface area (Å²) in [4.78, 5) is 46.3. The predicted octanol–water partition coefficient (Wildman–Crippen LogP) is 2.47. The Hall–Kier alpha value is -3.97. The fourth-order valence-corrected chi connectivity index (χ4v) is 5.21. The maximum atomic E-state index is 14.6. The largest absolute Gasteiger partial charge is 0.508 e. The first kappa shape index (κ1) is 23.8. The quantitative estimate of drug-likeness (QED) is 0.511. The highest BCUT2D eigenvalue weighted by Gasteiger charge is 2.41. The minimum absolute atomic E-state index is 0.173. The zero-order valence-electron chi connectivity index (χ0n) is 19.9. The van der Waals surface area contributed by atoms with Gasteiger partial charge < -0.3 is 14.5 Å². The molecule has 3 aliphatic heterocycles. The van der Waals surface area contributed by atoms with Gasteiger partial charge in [-0.1, -0.05) is 12.1 Å². The Balaban J connectivity index is 1.29. The Bertz CT molecular complexity index is 1280. The summed E-state index contributed by atoms with van der Waals surface area (Å²) in [6, 6.07) is 7.54. The molecule has 3 heterocycles. The first-order chi connectivity index (χ1) is 17.4. The van der Waals surface area contributed by atoms with Crippen molar-refractivity contribution in [3.63, 3.8) is 0 Å². The fraction of sp³-hybridized carbons (Fsp3) is 0.385. The molecule has 1 N–H and O–H groups in total. The first-order valence-corrected chi connectivity index (χ1v) is 11.9. The minimum atomic E-state index is -0.735. The normalized spacial score (nSPS) is 20.2. The maximum Gasteiger partial charge on any atom is 0.255 e. The molecule has 186 valence electrons. The molecule has 0 bridgehead atoms. The van der Waals surface area contributed by atoms with E-state index >= 15 is 0 Å². The molecule has 9 nitrogen and oxygen atoms in total. The van der Waals surface area contributed by atoms with Crippen molar-refractivity contribution in [3.05, 3.63) is 64.3 Å². The van der Waals surface area contributed by atoms with E-state index in [-0.39, 0.29) is 36.8 Å². The minimum Gasteiger partial charge on any atom is -0.508 e. The van der Waals surface area contributed by atoms with Crippen LogP contribution in [0.4, 0.5) is 15.8 Å². The van der Waals surface area contributed by atoms with E-state index in [9.17, 15) is 18.8 Å². The highest BCUT2D eigenvalue weighted by molar-refractivity contribution is 6.06. The average molecular weight is 492 g/mol. The second-order valence-corrected chi connectivity index (χ2v) is 9.23. The van der Waals surface area contributed by atoms with Crippen molar-refractivity contribution in [2.45, 2.75) is 32.0 Å². The molecule has 1 unspecified atom stereocenters. The van der Waals surface area contributed by atoms with Crippen molar-refractivity contribution in [3.8, 4) is 5.75 Å². The van der Waals surface area contributed by atoms with Crippen molar-refractivity contribution >= 4 is 29.1 Å². The Labute approximate surface area is 208 Å². The monoisotopic (exact) mass is 491 g/mol. The number of hydrogen-bond donors (Lipinski definition) is 1. The molecule has 2 aromatic carbocycles. The lowest BCUT2D eigenvalue weighted by atomic mass is 10.0. The van der Waals surface area contributed by atoms with E-state index in [0.717, 1.165) is 24.2 Å². The second-order valence-electron chi connectivity index (χ2n) is 9.23. The number of anilines is 1. The number of ether oxygens (including phenoxy) is 1. The molecule has 2 saturated heterocycles. The van der Waals surface area contributed by atoms with E-state index in [1.165, 1.54) is 17.0 Å². The molecule has 5 rings (SSSR count). The fourth-order valence-electron chi connectivity index (χ4n) is 5.21. The van der Waals surface area contributed by atoms with Crippen LogP contribution >= 0.6 is 0 Å². The molecule has 3 aliphatic rings. The van der Waals surface area contributed by atoms with Gasteiger partial charge in [0.05, 0.1) is 13.7 Å². The number of benzene rings is 2. The second kappa shape index (κ2) is 9.59. The van der Waals surface area contributed by atoms with E-state index in [1.54, 1.807) is 13.2 Å². The van der Waals surface area contributed by atoms with E-state index < -0.39 is 17.8 Å². The maximum absolute atomic E-state index is 14.6. The highest BCUT2D eigenvalue weighted by atomic mass is 19.1. The van der Waals surface area contributed by atoms with Crippen LogP contribution in [0, 0.1) is 12.4 Å². The summed E-state index contributed by atoms with van der Waals surface area (Å²) < 4.78 is 19.9. The number of imide groups is 1. The third kappa shape index (κ3) is 4.38. The van der Waals surface area contributed by atoms with Gasteiger partial charge in [-0.3, -0.25) is 24.6 Å². The van der Waals surface area contributed by atoms with Gasteiger partial charge in [-0.05, 0) is 30.2 Å². The number of amides is 3. The van der Waals surface area contributed by atoms with Gasteiger partial charge in [0.2, 0.25) is 17.5 Å². The zero-order chi connectivity index (χ0) is 25.4. The summed E-state index contributed by atoms with van der Waals surface area (Å²) in [5.41, 5.74) is 3.20. The summed E-state index contributed by atoms with van der Waals surface area (Å²) in [5, 5.41) is 2.30. The Morgan fingerprint density at radius 3 is 2.61 bits per heavy atom. The molecular weight excluding hydrogens is 465 g/mol. The number of nitrogens with one attached hydrogen (secondary N) is 1. The molecule has 0 spiro atoms. The average Bonchev–Trinajstić information content (AvgIpc) is 3.20. The molecule has 0 aromatic heterocycles. The number of piperidine rings is 1. The van der Waals surface area contributed by atoms with Gasteiger partial charge >= 0.3 is 0 Å². The number of rotatable bonds is 5. The Morgan fingerprint density at radius 1 is 1.14 bits per heavy atom. The molecule has 0 aliphatic carbocycles. The van der Waals surface area contributed by atoms with E-state index in [4.69, 9.17) is 11.3 Å². The summed E-state index contributed by atoms with van der Waals surface area (Å²) in [7, 11) is 1.55. The molecule has 0 radical (unpaired) electrons. The molecule has 36 heavy (non-hydrogen) atoms. The van der Waals surface area contributed by atoms with Crippen molar-refractivity contribution in [2.24, 2.45) is 0 Å². The lowest BCUT2D eigenvalue weighted by Crippen LogP contribution is -2.52. The number of hydrogen-bond acceptors (Lipinski definition) is 6. The summed E-state index contributed by atoms with van der Waals surface area (Å²) in [6.45, 7) is 10.9. The SMILES string of the molecule is [C-]#[N+]c1ccc(CN2CCN(c3cc(F)cc4c3CN(C3CCC(=O)NC3=O)C4=O)CC2)cc1OC. The zero-order valence-corrected chi connectivity index (χ0v) is 19.9. The molecule has 0 saturated carbocycles. The van der Waals surface area contributed by atoms with Gasteiger partial charge in [-0.15, -0.1) is 0 Å². The van der Waals surface area contributed by atoms with Crippen LogP contribution in [0.2, 0.25) is 0 Å². The number of methoxy groups -OCH3 is 1. The van der Waals surface area contributed by atoms with Crippen molar-refractivity contribution in [1.29, 1.82) is 0 Å². The smallest absolute Gasteiger partial charge is 0.255 e. The van der Waals surface area contributed by atoms with Crippen LogP contribution in [-0.2, 0) is 22.7 Å². The third-order valence-electron chi connectivity index (χ3n) is 7.08. The number of fused-ring (bicyclic) bond motifs is 1. The Kier molecular flexibility index (Phi) is 6.33. The summed E-state index contributed by atoms with van der Waals surface area (Å²) in [6.07, 6.45) is 0.439. The third-order valence-corrected chi connectivity index (χ3v) is 7.08. The molecular formula is C26H26FN5O4. The molecule has 3 amide bonds. The lowest BCUT2D eigenvalue weighted by Gasteiger charge is -2.37. The molecule has 1 atom stereocenters. The number of halogens is 1. The van der Waals surface area contributed by atoms with Gasteiger partial charge in [-0.25, -0.2) is 9.24 Å². The highest BCUT2D eigenvalue weighted by Crippen LogP contribution is 2.36. The van der Waals surface area contributed by atoms with Crippen LogP contribution in [-0.4, -0.2) is 66.9 Å². The number of piperazine rings is 1. The Morgan fingerprint density at radius 2 is 1.92 bits per heavy atom. The standard InChI is InChI=1S/C26H26FN5O4/c1-28-20-4-3-16(11-23(20)36-2)14-30-7-9-31(10-8-30)22-13-17(27)12-18-19(22)15-32(26(18)35)21-5-6-24(33)29-25(21)34/h3-4,11-13,21H,5-10,14-15H2,2H3,(H,29,33,34). The molecule has 10 heteroatoms. The van der Waals surface area contributed by atoms with Crippen LogP contribution in [0.25, 0.3) is 4.85 Å². The van der Waals surface area contributed by atoms with Crippen LogP contribution < -0.4 is 15.0 Å². The van der Waals surface area contributed by atoms with Crippen molar-refractivity contribution in [2.75, 3.05) is 38.2 Å².